The van der Waals surface area contributed by atoms with Gasteiger partial charge in [-0.2, -0.15) is 0 Å². The topological polar surface area (TPSA) is 67.4 Å². The lowest BCUT2D eigenvalue weighted by atomic mass is 9.92. The van der Waals surface area contributed by atoms with Crippen molar-refractivity contribution in [2.75, 3.05) is 13.7 Å². The molecular weight excluding hydrogens is 244 g/mol. The van der Waals surface area contributed by atoms with E-state index < -0.39 is 6.04 Å². The summed E-state index contributed by atoms with van der Waals surface area (Å²) >= 11 is 0. The van der Waals surface area contributed by atoms with Crippen LogP contribution in [0.3, 0.4) is 0 Å². The highest BCUT2D eigenvalue weighted by Gasteiger charge is 2.29. The number of ether oxygens (including phenoxy) is 1. The Morgan fingerprint density at radius 2 is 2.11 bits per heavy atom. The van der Waals surface area contributed by atoms with Gasteiger partial charge >= 0.3 is 5.97 Å². The highest BCUT2D eigenvalue weighted by molar-refractivity contribution is 5.85. The zero-order valence-electron chi connectivity index (χ0n) is 12.4. The van der Waals surface area contributed by atoms with Crippen molar-refractivity contribution in [3.05, 3.63) is 0 Å². The molecule has 2 unspecified atom stereocenters. The Labute approximate surface area is 115 Å². The summed E-state index contributed by atoms with van der Waals surface area (Å²) in [6.45, 7) is 6.97. The van der Waals surface area contributed by atoms with Crippen LogP contribution in [-0.4, -0.2) is 37.6 Å². The van der Waals surface area contributed by atoms with Crippen molar-refractivity contribution in [2.24, 2.45) is 11.8 Å². The highest BCUT2D eigenvalue weighted by Crippen LogP contribution is 2.17. The third-order valence-corrected chi connectivity index (χ3v) is 3.50. The normalized spacial score (nSPS) is 24.9. The molecule has 1 aliphatic heterocycles. The minimum atomic E-state index is -0.525. The summed E-state index contributed by atoms with van der Waals surface area (Å²) in [4.78, 5) is 23.9. The molecular formula is C14H26N2O3. The van der Waals surface area contributed by atoms with Crippen LogP contribution in [0.1, 0.15) is 40.0 Å². The summed E-state index contributed by atoms with van der Waals surface area (Å²) in [6, 6.07) is -0.172. The van der Waals surface area contributed by atoms with Crippen molar-refractivity contribution in [1.29, 1.82) is 0 Å². The molecule has 5 nitrogen and oxygen atoms in total. The molecule has 5 heteroatoms. The first kappa shape index (κ1) is 16.0. The number of rotatable bonds is 5. The van der Waals surface area contributed by atoms with Crippen molar-refractivity contribution in [3.63, 3.8) is 0 Å². The van der Waals surface area contributed by atoms with Crippen LogP contribution in [0.4, 0.5) is 0 Å². The maximum atomic E-state index is 12.2. The van der Waals surface area contributed by atoms with Crippen LogP contribution >= 0.6 is 0 Å². The number of amides is 1. The number of carbonyl (C=O) groups excluding carboxylic acids is 2. The molecule has 19 heavy (non-hydrogen) atoms. The van der Waals surface area contributed by atoms with Gasteiger partial charge in [0.1, 0.15) is 6.04 Å². The van der Waals surface area contributed by atoms with Gasteiger partial charge in [0.25, 0.3) is 0 Å². The van der Waals surface area contributed by atoms with E-state index in [1.807, 2.05) is 13.8 Å². The summed E-state index contributed by atoms with van der Waals surface area (Å²) in [5, 5.41) is 6.16. The molecule has 0 radical (unpaired) electrons. The molecule has 0 aliphatic carbocycles. The fraction of sp³-hybridized carbons (Fsp3) is 0.857. The van der Waals surface area contributed by atoms with Crippen LogP contribution in [0.5, 0.6) is 0 Å². The molecule has 0 aromatic carbocycles. The molecule has 1 saturated heterocycles. The first-order chi connectivity index (χ1) is 8.93. The third kappa shape index (κ3) is 5.19. The predicted molar refractivity (Wildman–Crippen MR) is 73.6 cm³/mol. The van der Waals surface area contributed by atoms with Gasteiger partial charge in [-0.3, -0.25) is 4.79 Å². The SMILES string of the molecule is COC(=O)[C@H](CC(C)C)NC(=O)C1CCNC(C)C1. The molecule has 1 amide bonds. The molecule has 0 spiro atoms. The quantitative estimate of drug-likeness (QED) is 0.734. The lowest BCUT2D eigenvalue weighted by molar-refractivity contribution is -0.146. The van der Waals surface area contributed by atoms with E-state index in [0.29, 0.717) is 18.4 Å². The number of methoxy groups -OCH3 is 1. The van der Waals surface area contributed by atoms with Gasteiger partial charge in [0.2, 0.25) is 5.91 Å². The molecule has 1 heterocycles. The van der Waals surface area contributed by atoms with Gasteiger partial charge in [0.15, 0.2) is 0 Å². The average molecular weight is 270 g/mol. The van der Waals surface area contributed by atoms with Crippen LogP contribution in [0, 0.1) is 11.8 Å². The van der Waals surface area contributed by atoms with E-state index in [1.165, 1.54) is 7.11 Å². The first-order valence-electron chi connectivity index (χ1n) is 7.05. The van der Waals surface area contributed by atoms with E-state index in [0.717, 1.165) is 19.4 Å². The molecule has 0 aromatic rings. The first-order valence-corrected chi connectivity index (χ1v) is 7.05. The zero-order chi connectivity index (χ0) is 14.4. The van der Waals surface area contributed by atoms with Crippen molar-refractivity contribution < 1.29 is 14.3 Å². The Kier molecular flexibility index (Phi) is 6.28. The molecule has 110 valence electrons. The van der Waals surface area contributed by atoms with Gasteiger partial charge in [0.05, 0.1) is 7.11 Å². The van der Waals surface area contributed by atoms with Crippen molar-refractivity contribution in [1.82, 2.24) is 10.6 Å². The largest absolute Gasteiger partial charge is 0.467 e. The molecule has 1 aliphatic rings. The van der Waals surface area contributed by atoms with Crippen molar-refractivity contribution >= 4 is 11.9 Å². The van der Waals surface area contributed by atoms with Gasteiger partial charge in [-0.25, -0.2) is 4.79 Å². The summed E-state index contributed by atoms with van der Waals surface area (Å²) in [5.74, 6) is -0.0552. The third-order valence-electron chi connectivity index (χ3n) is 3.50. The Bertz CT molecular complexity index is 318. The van der Waals surface area contributed by atoms with Crippen LogP contribution in [0.15, 0.2) is 0 Å². The van der Waals surface area contributed by atoms with Gasteiger partial charge in [-0.05, 0) is 38.6 Å². The predicted octanol–water partition coefficient (Wildman–Crippen LogP) is 1.08. The molecule has 2 N–H and O–H groups in total. The number of esters is 1. The summed E-state index contributed by atoms with van der Waals surface area (Å²) in [6.07, 6.45) is 2.26. The van der Waals surface area contributed by atoms with Gasteiger partial charge in [-0.1, -0.05) is 13.8 Å². The standard InChI is InChI=1S/C14H26N2O3/c1-9(2)7-12(14(18)19-4)16-13(17)11-5-6-15-10(3)8-11/h9-12,15H,5-8H2,1-4H3,(H,16,17)/t10?,11?,12-/m0/s1. The van der Waals surface area contributed by atoms with Gasteiger partial charge < -0.3 is 15.4 Å². The minimum Gasteiger partial charge on any atom is -0.467 e. The fourth-order valence-corrected chi connectivity index (χ4v) is 2.49. The Morgan fingerprint density at radius 3 is 2.63 bits per heavy atom. The van der Waals surface area contributed by atoms with Gasteiger partial charge in [0, 0.05) is 12.0 Å². The van der Waals surface area contributed by atoms with E-state index in [1.54, 1.807) is 0 Å². The maximum Gasteiger partial charge on any atom is 0.328 e. The summed E-state index contributed by atoms with van der Waals surface area (Å²) in [7, 11) is 1.36. The van der Waals surface area contributed by atoms with Gasteiger partial charge in [-0.15, -0.1) is 0 Å². The molecule has 0 bridgehead atoms. The Balaban J connectivity index is 2.57. The van der Waals surface area contributed by atoms with Crippen LogP contribution in [-0.2, 0) is 14.3 Å². The van der Waals surface area contributed by atoms with E-state index >= 15 is 0 Å². The average Bonchev–Trinajstić information content (AvgIpc) is 2.36. The maximum absolute atomic E-state index is 12.2. The molecule has 1 fully saturated rings. The number of carbonyl (C=O) groups is 2. The lowest BCUT2D eigenvalue weighted by Gasteiger charge is -2.28. The zero-order valence-corrected chi connectivity index (χ0v) is 12.4. The second-order valence-electron chi connectivity index (χ2n) is 5.79. The van der Waals surface area contributed by atoms with E-state index in [2.05, 4.69) is 17.6 Å². The number of hydrogen-bond acceptors (Lipinski definition) is 4. The summed E-state index contributed by atoms with van der Waals surface area (Å²) in [5.41, 5.74) is 0. The lowest BCUT2D eigenvalue weighted by Crippen LogP contribution is -2.48. The smallest absolute Gasteiger partial charge is 0.328 e. The second kappa shape index (κ2) is 7.48. The summed E-state index contributed by atoms with van der Waals surface area (Å²) < 4.78 is 4.76. The number of piperidine rings is 1. The van der Waals surface area contributed by atoms with E-state index in [9.17, 15) is 9.59 Å². The second-order valence-corrected chi connectivity index (χ2v) is 5.79. The number of hydrogen-bond donors (Lipinski definition) is 2. The monoisotopic (exact) mass is 270 g/mol. The molecule has 1 rings (SSSR count). The van der Waals surface area contributed by atoms with Crippen LogP contribution in [0.25, 0.3) is 0 Å². The van der Waals surface area contributed by atoms with Crippen molar-refractivity contribution in [3.8, 4) is 0 Å². The highest BCUT2D eigenvalue weighted by atomic mass is 16.5. The molecule has 3 atom stereocenters. The number of nitrogens with one attached hydrogen (secondary N) is 2. The fourth-order valence-electron chi connectivity index (χ4n) is 2.49. The van der Waals surface area contributed by atoms with E-state index in [-0.39, 0.29) is 17.8 Å². The van der Waals surface area contributed by atoms with E-state index in [4.69, 9.17) is 4.74 Å². The Morgan fingerprint density at radius 1 is 1.42 bits per heavy atom. The minimum absolute atomic E-state index is 0.00410. The van der Waals surface area contributed by atoms with Crippen molar-refractivity contribution in [2.45, 2.75) is 52.1 Å². The Hall–Kier alpha value is -1.10. The molecule has 0 aromatic heterocycles. The molecule has 0 saturated carbocycles. The van der Waals surface area contributed by atoms with Crippen LogP contribution in [0.2, 0.25) is 0 Å². The van der Waals surface area contributed by atoms with Crippen LogP contribution < -0.4 is 10.6 Å².